The maximum Gasteiger partial charge on any atom is 0.134 e. The van der Waals surface area contributed by atoms with E-state index in [4.69, 9.17) is 10.2 Å². The molecule has 0 fully saturated rings. The average molecular weight is 251 g/mol. The first-order valence-electron chi connectivity index (χ1n) is 6.52. The van der Waals surface area contributed by atoms with Crippen molar-refractivity contribution in [2.24, 2.45) is 5.73 Å². The van der Waals surface area contributed by atoms with Crippen molar-refractivity contribution < 1.29 is 4.42 Å². The van der Waals surface area contributed by atoms with Crippen molar-refractivity contribution in [3.8, 4) is 0 Å². The van der Waals surface area contributed by atoms with Crippen LogP contribution in [0.5, 0.6) is 0 Å². The van der Waals surface area contributed by atoms with E-state index < -0.39 is 0 Å². The molecule has 0 saturated carbocycles. The van der Waals surface area contributed by atoms with Gasteiger partial charge >= 0.3 is 0 Å². The standard InChI is InChI=1S/C17H17NO/c1-12-7-8-16-14(9-12)11-17(19-16)15(18)10-13-5-3-2-4-6-13/h2-9,11,15H,10,18H2,1H3. The van der Waals surface area contributed by atoms with Gasteiger partial charge in [0, 0.05) is 5.39 Å². The number of fused-ring (bicyclic) bond motifs is 1. The molecule has 0 bridgehead atoms. The van der Waals surface area contributed by atoms with Crippen molar-refractivity contribution >= 4 is 11.0 Å². The van der Waals surface area contributed by atoms with Gasteiger partial charge in [0.05, 0.1) is 6.04 Å². The lowest BCUT2D eigenvalue weighted by Gasteiger charge is -2.08. The molecule has 19 heavy (non-hydrogen) atoms. The van der Waals surface area contributed by atoms with Crippen LogP contribution >= 0.6 is 0 Å². The second-order valence-corrected chi connectivity index (χ2v) is 4.99. The second kappa shape index (κ2) is 4.90. The summed E-state index contributed by atoms with van der Waals surface area (Å²) in [6, 6.07) is 18.4. The minimum absolute atomic E-state index is 0.102. The molecular weight excluding hydrogens is 234 g/mol. The summed E-state index contributed by atoms with van der Waals surface area (Å²) < 4.78 is 5.83. The lowest BCUT2D eigenvalue weighted by Crippen LogP contribution is -2.12. The number of benzene rings is 2. The Labute approximate surface area is 112 Å². The summed E-state index contributed by atoms with van der Waals surface area (Å²) in [6.07, 6.45) is 0.791. The van der Waals surface area contributed by atoms with Gasteiger partial charge in [-0.2, -0.15) is 0 Å². The Kier molecular flexibility index (Phi) is 3.10. The molecule has 0 spiro atoms. The summed E-state index contributed by atoms with van der Waals surface area (Å²) in [6.45, 7) is 2.08. The highest BCUT2D eigenvalue weighted by molar-refractivity contribution is 5.78. The maximum absolute atomic E-state index is 6.24. The summed E-state index contributed by atoms with van der Waals surface area (Å²) >= 11 is 0. The Morgan fingerprint density at radius 1 is 1.05 bits per heavy atom. The fourth-order valence-electron chi connectivity index (χ4n) is 2.33. The molecule has 1 unspecified atom stereocenters. The topological polar surface area (TPSA) is 39.2 Å². The van der Waals surface area contributed by atoms with Crippen molar-refractivity contribution in [2.45, 2.75) is 19.4 Å². The largest absolute Gasteiger partial charge is 0.459 e. The van der Waals surface area contributed by atoms with Crippen LogP contribution in [0, 0.1) is 6.92 Å². The van der Waals surface area contributed by atoms with Crippen molar-refractivity contribution in [2.75, 3.05) is 0 Å². The van der Waals surface area contributed by atoms with Gasteiger partial charge in [0.2, 0.25) is 0 Å². The van der Waals surface area contributed by atoms with Crippen LogP contribution in [0.2, 0.25) is 0 Å². The molecule has 96 valence electrons. The van der Waals surface area contributed by atoms with Gasteiger partial charge in [0.25, 0.3) is 0 Å². The Bertz CT molecular complexity index is 685. The van der Waals surface area contributed by atoms with E-state index in [2.05, 4.69) is 37.3 Å². The molecule has 3 aromatic rings. The van der Waals surface area contributed by atoms with Gasteiger partial charge < -0.3 is 10.2 Å². The van der Waals surface area contributed by atoms with E-state index in [1.54, 1.807) is 0 Å². The van der Waals surface area contributed by atoms with E-state index >= 15 is 0 Å². The molecule has 0 radical (unpaired) electrons. The molecule has 3 rings (SSSR count). The maximum atomic E-state index is 6.24. The first kappa shape index (κ1) is 12.0. The number of furan rings is 1. The molecule has 0 aliphatic rings. The zero-order valence-electron chi connectivity index (χ0n) is 11.0. The highest BCUT2D eigenvalue weighted by Crippen LogP contribution is 2.25. The summed E-state index contributed by atoms with van der Waals surface area (Å²) in [4.78, 5) is 0. The Hall–Kier alpha value is -2.06. The molecule has 2 nitrogen and oxygen atoms in total. The van der Waals surface area contributed by atoms with Gasteiger partial charge in [0.1, 0.15) is 11.3 Å². The third-order valence-corrected chi connectivity index (χ3v) is 3.35. The summed E-state index contributed by atoms with van der Waals surface area (Å²) in [5.74, 6) is 0.851. The quantitative estimate of drug-likeness (QED) is 0.764. The highest BCUT2D eigenvalue weighted by Gasteiger charge is 2.12. The molecular formula is C17H17NO. The number of nitrogens with two attached hydrogens (primary N) is 1. The van der Waals surface area contributed by atoms with Gasteiger partial charge in [-0.05, 0) is 37.1 Å². The number of hydrogen-bond acceptors (Lipinski definition) is 2. The fraction of sp³-hybridized carbons (Fsp3) is 0.176. The first-order chi connectivity index (χ1) is 9.22. The molecule has 1 atom stereocenters. The van der Waals surface area contributed by atoms with Crippen LogP contribution in [-0.2, 0) is 6.42 Å². The molecule has 2 aromatic carbocycles. The van der Waals surface area contributed by atoms with Crippen LogP contribution in [0.25, 0.3) is 11.0 Å². The van der Waals surface area contributed by atoms with Crippen LogP contribution in [0.1, 0.15) is 22.9 Å². The summed E-state index contributed by atoms with van der Waals surface area (Å²) in [5, 5.41) is 1.12. The summed E-state index contributed by atoms with van der Waals surface area (Å²) in [7, 11) is 0. The molecule has 1 aromatic heterocycles. The Morgan fingerprint density at radius 2 is 1.84 bits per heavy atom. The second-order valence-electron chi connectivity index (χ2n) is 4.99. The van der Waals surface area contributed by atoms with E-state index in [1.807, 2.05) is 24.3 Å². The summed E-state index contributed by atoms with van der Waals surface area (Å²) in [5.41, 5.74) is 9.60. The van der Waals surface area contributed by atoms with Crippen molar-refractivity contribution in [3.63, 3.8) is 0 Å². The van der Waals surface area contributed by atoms with E-state index in [0.29, 0.717) is 0 Å². The number of rotatable bonds is 3. The van der Waals surface area contributed by atoms with Crippen molar-refractivity contribution in [1.29, 1.82) is 0 Å². The van der Waals surface area contributed by atoms with Crippen LogP contribution in [-0.4, -0.2) is 0 Å². The van der Waals surface area contributed by atoms with E-state index in [1.165, 1.54) is 11.1 Å². The molecule has 2 heteroatoms. The molecule has 1 heterocycles. The van der Waals surface area contributed by atoms with Gasteiger partial charge in [-0.25, -0.2) is 0 Å². The van der Waals surface area contributed by atoms with E-state index in [0.717, 1.165) is 23.2 Å². The number of aryl methyl sites for hydroxylation is 1. The van der Waals surface area contributed by atoms with E-state index in [9.17, 15) is 0 Å². The van der Waals surface area contributed by atoms with Gasteiger partial charge in [-0.1, -0.05) is 42.0 Å². The third-order valence-electron chi connectivity index (χ3n) is 3.35. The van der Waals surface area contributed by atoms with Gasteiger partial charge in [-0.15, -0.1) is 0 Å². The zero-order valence-corrected chi connectivity index (χ0v) is 11.0. The zero-order chi connectivity index (χ0) is 13.2. The predicted molar refractivity (Wildman–Crippen MR) is 78.0 cm³/mol. The van der Waals surface area contributed by atoms with Crippen molar-refractivity contribution in [3.05, 3.63) is 71.5 Å². The minimum Gasteiger partial charge on any atom is -0.459 e. The third kappa shape index (κ3) is 2.54. The normalized spacial score (nSPS) is 12.7. The van der Waals surface area contributed by atoms with Crippen LogP contribution < -0.4 is 5.73 Å². The average Bonchev–Trinajstić information content (AvgIpc) is 2.83. The monoisotopic (exact) mass is 251 g/mol. The molecule has 2 N–H and O–H groups in total. The Morgan fingerprint density at radius 3 is 2.63 bits per heavy atom. The minimum atomic E-state index is -0.102. The Balaban J connectivity index is 1.87. The van der Waals surface area contributed by atoms with Crippen LogP contribution in [0.15, 0.2) is 59.0 Å². The lowest BCUT2D eigenvalue weighted by atomic mass is 10.0. The van der Waals surface area contributed by atoms with Crippen LogP contribution in [0.3, 0.4) is 0 Å². The molecule has 0 saturated heterocycles. The highest BCUT2D eigenvalue weighted by atomic mass is 16.3. The predicted octanol–water partition coefficient (Wildman–Crippen LogP) is 3.98. The number of hydrogen-bond donors (Lipinski definition) is 1. The molecule has 0 aliphatic heterocycles. The lowest BCUT2D eigenvalue weighted by molar-refractivity contribution is 0.494. The first-order valence-corrected chi connectivity index (χ1v) is 6.52. The fourth-order valence-corrected chi connectivity index (χ4v) is 2.33. The van der Waals surface area contributed by atoms with E-state index in [-0.39, 0.29) is 6.04 Å². The SMILES string of the molecule is Cc1ccc2oc(C(N)Cc3ccccc3)cc2c1. The smallest absolute Gasteiger partial charge is 0.134 e. The van der Waals surface area contributed by atoms with Crippen molar-refractivity contribution in [1.82, 2.24) is 0 Å². The van der Waals surface area contributed by atoms with Gasteiger partial charge in [0.15, 0.2) is 0 Å². The van der Waals surface area contributed by atoms with Crippen LogP contribution in [0.4, 0.5) is 0 Å². The molecule has 0 amide bonds. The molecule has 0 aliphatic carbocycles. The van der Waals surface area contributed by atoms with Gasteiger partial charge in [-0.3, -0.25) is 0 Å².